The lowest BCUT2D eigenvalue weighted by Crippen LogP contribution is -2.55. The Balaban J connectivity index is 2.26. The highest BCUT2D eigenvalue weighted by molar-refractivity contribution is 6.30. The van der Waals surface area contributed by atoms with Crippen LogP contribution < -0.4 is 11.1 Å². The average Bonchev–Trinajstić information content (AvgIpc) is 2.48. The minimum absolute atomic E-state index is 0.0418. The number of rotatable bonds is 4. The van der Waals surface area contributed by atoms with E-state index in [1.165, 1.54) is 0 Å². The number of nitrogens with zero attached hydrogens (tertiary/aromatic N) is 1. The monoisotopic (exact) mass is 297 g/mol. The molecule has 5 nitrogen and oxygen atoms in total. The van der Waals surface area contributed by atoms with Crippen molar-refractivity contribution in [2.45, 2.75) is 12.1 Å². The first-order valence-corrected chi connectivity index (χ1v) is 7.05. The predicted octanol–water partition coefficient (Wildman–Crippen LogP) is 0.787. The third kappa shape index (κ3) is 3.30. The summed E-state index contributed by atoms with van der Waals surface area (Å²) in [6.07, 6.45) is 0. The van der Waals surface area contributed by atoms with E-state index in [2.05, 4.69) is 10.2 Å². The third-order valence-corrected chi connectivity index (χ3v) is 3.81. The standard InChI is InChI=1S/C14H20ClN3O2/c1-17-14(19)13-9-20-6-5-18(13)12(8-16)10-3-2-4-11(15)7-10/h2-4,7,12-13H,5-6,8-9,16H2,1H3,(H,17,19). The molecule has 1 aromatic carbocycles. The van der Waals surface area contributed by atoms with Crippen molar-refractivity contribution in [1.29, 1.82) is 0 Å². The molecule has 2 rings (SSSR count). The van der Waals surface area contributed by atoms with E-state index in [9.17, 15) is 4.79 Å². The molecular formula is C14H20ClN3O2. The second-order valence-corrected chi connectivity index (χ2v) is 5.19. The van der Waals surface area contributed by atoms with Crippen molar-refractivity contribution in [2.75, 3.05) is 33.4 Å². The molecule has 2 unspecified atom stereocenters. The molecule has 6 heteroatoms. The van der Waals surface area contributed by atoms with Crippen molar-refractivity contribution in [2.24, 2.45) is 5.73 Å². The van der Waals surface area contributed by atoms with E-state index in [0.717, 1.165) is 5.56 Å². The Labute approximate surface area is 124 Å². The molecule has 1 aromatic rings. The van der Waals surface area contributed by atoms with Crippen LogP contribution >= 0.6 is 11.6 Å². The fraction of sp³-hybridized carbons (Fsp3) is 0.500. The van der Waals surface area contributed by atoms with Gasteiger partial charge in [0.25, 0.3) is 0 Å². The van der Waals surface area contributed by atoms with Gasteiger partial charge in [-0.2, -0.15) is 0 Å². The Morgan fingerprint density at radius 2 is 2.45 bits per heavy atom. The molecule has 20 heavy (non-hydrogen) atoms. The van der Waals surface area contributed by atoms with Crippen molar-refractivity contribution in [3.8, 4) is 0 Å². The van der Waals surface area contributed by atoms with E-state index in [1.54, 1.807) is 7.05 Å². The van der Waals surface area contributed by atoms with Gasteiger partial charge in [0.05, 0.1) is 13.2 Å². The van der Waals surface area contributed by atoms with Gasteiger partial charge in [0.1, 0.15) is 6.04 Å². The first-order valence-electron chi connectivity index (χ1n) is 6.68. The maximum Gasteiger partial charge on any atom is 0.239 e. The fourth-order valence-electron chi connectivity index (χ4n) is 2.56. The number of nitrogens with two attached hydrogens (primary N) is 1. The van der Waals surface area contributed by atoms with Crippen LogP contribution in [0, 0.1) is 0 Å². The third-order valence-electron chi connectivity index (χ3n) is 3.58. The Bertz CT molecular complexity index is 469. The summed E-state index contributed by atoms with van der Waals surface area (Å²) >= 11 is 6.05. The van der Waals surface area contributed by atoms with Crippen molar-refractivity contribution in [1.82, 2.24) is 10.2 Å². The topological polar surface area (TPSA) is 67.6 Å². The van der Waals surface area contributed by atoms with Crippen LogP contribution in [0.2, 0.25) is 5.02 Å². The highest BCUT2D eigenvalue weighted by Gasteiger charge is 2.33. The van der Waals surface area contributed by atoms with Crippen LogP contribution in [-0.2, 0) is 9.53 Å². The maximum atomic E-state index is 12.0. The van der Waals surface area contributed by atoms with E-state index in [0.29, 0.717) is 31.3 Å². The van der Waals surface area contributed by atoms with Crippen molar-refractivity contribution in [3.05, 3.63) is 34.9 Å². The Hall–Kier alpha value is -1.14. The molecule has 2 atom stereocenters. The summed E-state index contributed by atoms with van der Waals surface area (Å²) in [5, 5.41) is 3.35. The van der Waals surface area contributed by atoms with Gasteiger partial charge in [-0.25, -0.2) is 0 Å². The molecular weight excluding hydrogens is 278 g/mol. The lowest BCUT2D eigenvalue weighted by atomic mass is 10.0. The van der Waals surface area contributed by atoms with Crippen molar-refractivity contribution >= 4 is 17.5 Å². The number of carbonyl (C=O) groups is 1. The SMILES string of the molecule is CNC(=O)C1COCCN1C(CN)c1cccc(Cl)c1. The second-order valence-electron chi connectivity index (χ2n) is 4.75. The van der Waals surface area contributed by atoms with Gasteiger partial charge in [-0.05, 0) is 17.7 Å². The molecule has 0 aromatic heterocycles. The Kier molecular flexibility index (Phi) is 5.37. The molecule has 1 aliphatic heterocycles. The predicted molar refractivity (Wildman–Crippen MR) is 78.6 cm³/mol. The van der Waals surface area contributed by atoms with Crippen LogP contribution in [0.1, 0.15) is 11.6 Å². The first kappa shape index (κ1) is 15.3. The van der Waals surface area contributed by atoms with Crippen LogP contribution in [0.15, 0.2) is 24.3 Å². The normalized spacial score (nSPS) is 21.4. The highest BCUT2D eigenvalue weighted by atomic mass is 35.5. The number of halogens is 1. The number of amides is 1. The zero-order valence-corrected chi connectivity index (χ0v) is 12.3. The number of ether oxygens (including phenoxy) is 1. The summed E-state index contributed by atoms with van der Waals surface area (Å²) < 4.78 is 5.42. The van der Waals surface area contributed by atoms with Gasteiger partial charge in [0.2, 0.25) is 5.91 Å². The van der Waals surface area contributed by atoms with E-state index in [4.69, 9.17) is 22.1 Å². The molecule has 0 aliphatic carbocycles. The highest BCUT2D eigenvalue weighted by Crippen LogP contribution is 2.26. The van der Waals surface area contributed by atoms with Gasteiger partial charge in [0.15, 0.2) is 0 Å². The zero-order chi connectivity index (χ0) is 14.5. The van der Waals surface area contributed by atoms with Crippen LogP contribution in [0.3, 0.4) is 0 Å². The van der Waals surface area contributed by atoms with E-state index in [1.807, 2.05) is 24.3 Å². The van der Waals surface area contributed by atoms with E-state index in [-0.39, 0.29) is 18.0 Å². The quantitative estimate of drug-likeness (QED) is 0.862. The van der Waals surface area contributed by atoms with Crippen LogP contribution in [0.25, 0.3) is 0 Å². The number of carbonyl (C=O) groups excluding carboxylic acids is 1. The number of hydrogen-bond donors (Lipinski definition) is 2. The van der Waals surface area contributed by atoms with Crippen LogP contribution in [-0.4, -0.2) is 50.2 Å². The fourth-order valence-corrected chi connectivity index (χ4v) is 2.76. The summed E-state index contributed by atoms with van der Waals surface area (Å²) in [6.45, 7) is 2.08. The lowest BCUT2D eigenvalue weighted by Gasteiger charge is -2.39. The summed E-state index contributed by atoms with van der Waals surface area (Å²) in [5.41, 5.74) is 6.96. The summed E-state index contributed by atoms with van der Waals surface area (Å²) in [6, 6.07) is 7.25. The molecule has 0 radical (unpaired) electrons. The van der Waals surface area contributed by atoms with Crippen LogP contribution in [0.4, 0.5) is 0 Å². The summed E-state index contributed by atoms with van der Waals surface area (Å²) in [4.78, 5) is 14.1. The molecule has 0 spiro atoms. The lowest BCUT2D eigenvalue weighted by molar-refractivity contribution is -0.134. The number of benzene rings is 1. The second kappa shape index (κ2) is 7.04. The van der Waals surface area contributed by atoms with Crippen molar-refractivity contribution < 1.29 is 9.53 Å². The molecule has 1 aliphatic rings. The number of likely N-dealkylation sites (N-methyl/N-ethyl adjacent to an activating group) is 1. The molecule has 3 N–H and O–H groups in total. The van der Waals surface area contributed by atoms with Gasteiger partial charge < -0.3 is 15.8 Å². The van der Waals surface area contributed by atoms with E-state index < -0.39 is 0 Å². The van der Waals surface area contributed by atoms with Crippen LogP contribution in [0.5, 0.6) is 0 Å². The summed E-state index contributed by atoms with van der Waals surface area (Å²) in [5.74, 6) is -0.0508. The molecule has 110 valence electrons. The smallest absolute Gasteiger partial charge is 0.239 e. The van der Waals surface area contributed by atoms with Gasteiger partial charge in [0, 0.05) is 31.2 Å². The first-order chi connectivity index (χ1) is 9.67. The van der Waals surface area contributed by atoms with Gasteiger partial charge in [-0.15, -0.1) is 0 Å². The number of morpholine rings is 1. The Morgan fingerprint density at radius 1 is 1.65 bits per heavy atom. The van der Waals surface area contributed by atoms with Gasteiger partial charge >= 0.3 is 0 Å². The minimum atomic E-state index is -0.318. The maximum absolute atomic E-state index is 12.0. The molecule has 1 saturated heterocycles. The molecule has 0 saturated carbocycles. The van der Waals surface area contributed by atoms with Crippen molar-refractivity contribution in [3.63, 3.8) is 0 Å². The number of hydrogen-bond acceptors (Lipinski definition) is 4. The summed E-state index contributed by atoms with van der Waals surface area (Å²) in [7, 11) is 1.63. The molecule has 1 fully saturated rings. The van der Waals surface area contributed by atoms with Gasteiger partial charge in [-0.1, -0.05) is 23.7 Å². The average molecular weight is 298 g/mol. The number of nitrogens with one attached hydrogen (secondary N) is 1. The largest absolute Gasteiger partial charge is 0.378 e. The minimum Gasteiger partial charge on any atom is -0.378 e. The molecule has 1 heterocycles. The molecule has 1 amide bonds. The Morgan fingerprint density at radius 3 is 3.10 bits per heavy atom. The molecule has 0 bridgehead atoms. The van der Waals surface area contributed by atoms with Gasteiger partial charge in [-0.3, -0.25) is 9.69 Å². The van der Waals surface area contributed by atoms with E-state index >= 15 is 0 Å². The zero-order valence-electron chi connectivity index (χ0n) is 11.5.